The summed E-state index contributed by atoms with van der Waals surface area (Å²) in [4.78, 5) is 9.74. The molecular weight excluding hydrogens is 219 g/mol. The number of anilines is 1. The maximum Gasteiger partial charge on any atom is 0.203 e. The largest absolute Gasteiger partial charge is 0.341 e. The molecule has 1 saturated heterocycles. The molecule has 0 bridgehead atoms. The van der Waals surface area contributed by atoms with E-state index in [4.69, 9.17) is 5.73 Å². The molecule has 3 rings (SSSR count). The second kappa shape index (κ2) is 4.00. The first kappa shape index (κ1) is 10.5. The zero-order valence-corrected chi connectivity index (χ0v) is 9.49. The quantitative estimate of drug-likeness (QED) is 0.788. The highest BCUT2D eigenvalue weighted by atomic mass is 19.1. The summed E-state index contributed by atoms with van der Waals surface area (Å²) >= 11 is 0. The van der Waals surface area contributed by atoms with Gasteiger partial charge in [0.15, 0.2) is 0 Å². The lowest BCUT2D eigenvalue weighted by Gasteiger charge is -2.30. The lowest BCUT2D eigenvalue weighted by molar-refractivity contribution is 0.501. The molecular formula is C12H15FN4. The van der Waals surface area contributed by atoms with E-state index in [2.05, 4.69) is 14.9 Å². The van der Waals surface area contributed by atoms with Crippen LogP contribution >= 0.6 is 0 Å². The molecule has 4 nitrogen and oxygen atoms in total. The van der Waals surface area contributed by atoms with Crippen molar-refractivity contribution in [2.75, 3.05) is 18.0 Å². The monoisotopic (exact) mass is 234 g/mol. The topological polar surface area (TPSA) is 57.9 Å². The number of H-pyrrole nitrogens is 1. The van der Waals surface area contributed by atoms with E-state index in [0.717, 1.165) is 42.9 Å². The molecule has 0 amide bonds. The van der Waals surface area contributed by atoms with Gasteiger partial charge < -0.3 is 15.6 Å². The van der Waals surface area contributed by atoms with Crippen molar-refractivity contribution < 1.29 is 4.39 Å². The zero-order valence-electron chi connectivity index (χ0n) is 9.49. The van der Waals surface area contributed by atoms with Gasteiger partial charge in [-0.2, -0.15) is 0 Å². The van der Waals surface area contributed by atoms with Crippen molar-refractivity contribution in [3.05, 3.63) is 24.0 Å². The Morgan fingerprint density at radius 3 is 3.18 bits per heavy atom. The molecule has 5 heteroatoms. The molecule has 2 aromatic rings. The number of halogens is 1. The molecule has 1 aliphatic heterocycles. The van der Waals surface area contributed by atoms with Gasteiger partial charge in [0.1, 0.15) is 5.82 Å². The van der Waals surface area contributed by atoms with E-state index >= 15 is 0 Å². The molecule has 1 aliphatic rings. The Hall–Kier alpha value is -1.62. The van der Waals surface area contributed by atoms with Crippen LogP contribution in [0.5, 0.6) is 0 Å². The lowest BCUT2D eigenvalue weighted by atomic mass is 10.1. The highest BCUT2D eigenvalue weighted by molar-refractivity contribution is 5.77. The maximum absolute atomic E-state index is 13.1. The average Bonchev–Trinajstić information content (AvgIpc) is 2.72. The van der Waals surface area contributed by atoms with Gasteiger partial charge in [-0.25, -0.2) is 9.37 Å². The van der Waals surface area contributed by atoms with Crippen LogP contribution in [0.25, 0.3) is 11.0 Å². The van der Waals surface area contributed by atoms with Crippen molar-refractivity contribution in [3.8, 4) is 0 Å². The number of piperidine rings is 1. The molecule has 0 unspecified atom stereocenters. The third-order valence-corrected chi connectivity index (χ3v) is 3.19. The SMILES string of the molecule is N[C@@H]1CCCN(c2nc3ccc(F)cc3[nH]2)C1. The molecule has 3 N–H and O–H groups in total. The second-order valence-corrected chi connectivity index (χ2v) is 4.57. The summed E-state index contributed by atoms with van der Waals surface area (Å²) in [5.74, 6) is 0.545. The van der Waals surface area contributed by atoms with E-state index in [1.54, 1.807) is 6.07 Å². The Balaban J connectivity index is 1.94. The van der Waals surface area contributed by atoms with E-state index in [1.165, 1.54) is 12.1 Å². The van der Waals surface area contributed by atoms with Crippen LogP contribution in [0.2, 0.25) is 0 Å². The van der Waals surface area contributed by atoms with Crippen molar-refractivity contribution in [2.24, 2.45) is 5.73 Å². The van der Waals surface area contributed by atoms with Crippen LogP contribution in [0.1, 0.15) is 12.8 Å². The fourth-order valence-corrected chi connectivity index (χ4v) is 2.32. The number of fused-ring (bicyclic) bond motifs is 1. The number of aromatic nitrogens is 2. The van der Waals surface area contributed by atoms with Gasteiger partial charge in [0.05, 0.1) is 11.0 Å². The first-order valence-electron chi connectivity index (χ1n) is 5.88. The number of hydrogen-bond acceptors (Lipinski definition) is 3. The van der Waals surface area contributed by atoms with E-state index in [9.17, 15) is 4.39 Å². The molecule has 1 aromatic heterocycles. The normalized spacial score (nSPS) is 21.1. The van der Waals surface area contributed by atoms with Crippen LogP contribution in [-0.4, -0.2) is 29.1 Å². The molecule has 0 radical (unpaired) electrons. The summed E-state index contributed by atoms with van der Waals surface area (Å²) in [6.45, 7) is 1.76. The predicted octanol–water partition coefficient (Wildman–Crippen LogP) is 1.63. The van der Waals surface area contributed by atoms with Gasteiger partial charge in [-0.1, -0.05) is 0 Å². The minimum atomic E-state index is -0.247. The Morgan fingerprint density at radius 2 is 2.35 bits per heavy atom. The minimum absolute atomic E-state index is 0.202. The molecule has 1 fully saturated rings. The van der Waals surface area contributed by atoms with Crippen LogP contribution < -0.4 is 10.6 Å². The lowest BCUT2D eigenvalue weighted by Crippen LogP contribution is -2.43. The number of nitrogens with zero attached hydrogens (tertiary/aromatic N) is 2. The van der Waals surface area contributed by atoms with Gasteiger partial charge in [-0.15, -0.1) is 0 Å². The number of benzene rings is 1. The van der Waals surface area contributed by atoms with Crippen LogP contribution in [0.4, 0.5) is 10.3 Å². The van der Waals surface area contributed by atoms with E-state index in [-0.39, 0.29) is 11.9 Å². The molecule has 1 atom stereocenters. The van der Waals surface area contributed by atoms with Crippen molar-refractivity contribution in [3.63, 3.8) is 0 Å². The molecule has 90 valence electrons. The predicted molar refractivity (Wildman–Crippen MR) is 65.5 cm³/mol. The summed E-state index contributed by atoms with van der Waals surface area (Å²) in [7, 11) is 0. The molecule has 1 aromatic carbocycles. The highest BCUT2D eigenvalue weighted by Gasteiger charge is 2.19. The summed E-state index contributed by atoms with van der Waals surface area (Å²) in [6, 6.07) is 4.78. The minimum Gasteiger partial charge on any atom is -0.341 e. The van der Waals surface area contributed by atoms with Crippen LogP contribution in [0.3, 0.4) is 0 Å². The van der Waals surface area contributed by atoms with Crippen LogP contribution in [0.15, 0.2) is 18.2 Å². The summed E-state index contributed by atoms with van der Waals surface area (Å²) in [5.41, 5.74) is 7.46. The molecule has 0 aliphatic carbocycles. The third kappa shape index (κ3) is 1.98. The molecule has 17 heavy (non-hydrogen) atoms. The number of aromatic amines is 1. The van der Waals surface area contributed by atoms with Crippen LogP contribution in [0, 0.1) is 5.82 Å². The number of rotatable bonds is 1. The number of nitrogens with two attached hydrogens (primary N) is 1. The fourth-order valence-electron chi connectivity index (χ4n) is 2.32. The van der Waals surface area contributed by atoms with Gasteiger partial charge in [0, 0.05) is 19.1 Å². The first-order chi connectivity index (χ1) is 8.22. The standard InChI is InChI=1S/C12H15FN4/c13-8-3-4-10-11(6-8)16-12(15-10)17-5-1-2-9(14)7-17/h3-4,6,9H,1-2,5,7,14H2,(H,15,16)/t9-/m1/s1. The summed E-state index contributed by atoms with van der Waals surface area (Å²) in [5, 5.41) is 0. The maximum atomic E-state index is 13.1. The zero-order chi connectivity index (χ0) is 11.8. The van der Waals surface area contributed by atoms with Gasteiger partial charge >= 0.3 is 0 Å². The fraction of sp³-hybridized carbons (Fsp3) is 0.417. The van der Waals surface area contributed by atoms with Crippen molar-refractivity contribution in [1.82, 2.24) is 9.97 Å². The van der Waals surface area contributed by atoms with Crippen LogP contribution in [-0.2, 0) is 0 Å². The number of hydrogen-bond donors (Lipinski definition) is 2. The Labute approximate surface area is 98.6 Å². The Kier molecular flexibility index (Phi) is 2.48. The van der Waals surface area contributed by atoms with Crippen molar-refractivity contribution in [1.29, 1.82) is 0 Å². The Morgan fingerprint density at radius 1 is 1.47 bits per heavy atom. The average molecular weight is 234 g/mol. The smallest absolute Gasteiger partial charge is 0.203 e. The van der Waals surface area contributed by atoms with Gasteiger partial charge in [0.25, 0.3) is 0 Å². The van der Waals surface area contributed by atoms with Gasteiger partial charge in [-0.05, 0) is 31.0 Å². The first-order valence-corrected chi connectivity index (χ1v) is 5.88. The number of imidazole rings is 1. The van der Waals surface area contributed by atoms with Crippen molar-refractivity contribution in [2.45, 2.75) is 18.9 Å². The molecule has 2 heterocycles. The molecule has 0 saturated carbocycles. The summed E-state index contributed by atoms with van der Waals surface area (Å²) < 4.78 is 13.1. The Bertz CT molecular complexity index is 536. The third-order valence-electron chi connectivity index (χ3n) is 3.19. The van der Waals surface area contributed by atoms with Gasteiger partial charge in [-0.3, -0.25) is 0 Å². The van der Waals surface area contributed by atoms with E-state index in [1.807, 2.05) is 0 Å². The second-order valence-electron chi connectivity index (χ2n) is 4.57. The molecule has 0 spiro atoms. The van der Waals surface area contributed by atoms with E-state index < -0.39 is 0 Å². The van der Waals surface area contributed by atoms with Gasteiger partial charge in [0.2, 0.25) is 5.95 Å². The van der Waals surface area contributed by atoms with E-state index in [0.29, 0.717) is 0 Å². The highest BCUT2D eigenvalue weighted by Crippen LogP contribution is 2.20. The summed E-state index contributed by atoms with van der Waals surface area (Å²) in [6.07, 6.45) is 2.14. The number of nitrogens with one attached hydrogen (secondary N) is 1. The van der Waals surface area contributed by atoms with Crippen molar-refractivity contribution >= 4 is 17.0 Å².